The van der Waals surface area contributed by atoms with Gasteiger partial charge >= 0.3 is 0 Å². The Hall–Kier alpha value is -2.01. The molecule has 3 aromatic rings. The normalized spacial score (nSPS) is 11.0. The summed E-state index contributed by atoms with van der Waals surface area (Å²) in [6, 6.07) is 10.3. The first-order valence-corrected chi connectivity index (χ1v) is 7.76. The van der Waals surface area contributed by atoms with Crippen LogP contribution in [0.4, 0.5) is 0 Å². The van der Waals surface area contributed by atoms with Gasteiger partial charge in [-0.15, -0.1) is 10.2 Å². The average molecular weight is 299 g/mol. The number of benzene rings is 1. The van der Waals surface area contributed by atoms with E-state index < -0.39 is 0 Å². The van der Waals surface area contributed by atoms with Gasteiger partial charge in [0.15, 0.2) is 11.0 Å². The Labute approximate surface area is 128 Å². The summed E-state index contributed by atoms with van der Waals surface area (Å²) in [6.45, 7) is 4.07. The monoisotopic (exact) mass is 299 g/mol. The van der Waals surface area contributed by atoms with Crippen LogP contribution in [0.15, 0.2) is 46.2 Å². The van der Waals surface area contributed by atoms with E-state index >= 15 is 0 Å². The third kappa shape index (κ3) is 2.74. The van der Waals surface area contributed by atoms with Crippen LogP contribution in [-0.4, -0.2) is 14.8 Å². The maximum Gasteiger partial charge on any atom is 0.191 e. The summed E-state index contributed by atoms with van der Waals surface area (Å²) in [7, 11) is 1.99. The van der Waals surface area contributed by atoms with Crippen molar-refractivity contribution in [2.75, 3.05) is 0 Å². The van der Waals surface area contributed by atoms with Crippen LogP contribution in [0, 0.1) is 13.8 Å². The van der Waals surface area contributed by atoms with Crippen molar-refractivity contribution < 1.29 is 4.42 Å². The van der Waals surface area contributed by atoms with Crippen LogP contribution in [0.1, 0.15) is 16.9 Å². The van der Waals surface area contributed by atoms with Crippen LogP contribution in [0.5, 0.6) is 0 Å². The highest BCUT2D eigenvalue weighted by atomic mass is 32.2. The van der Waals surface area contributed by atoms with Crippen molar-refractivity contribution in [3.8, 4) is 11.4 Å². The van der Waals surface area contributed by atoms with Crippen molar-refractivity contribution in [1.82, 2.24) is 14.8 Å². The summed E-state index contributed by atoms with van der Waals surface area (Å²) in [5, 5.41) is 9.49. The number of hydrogen-bond acceptors (Lipinski definition) is 4. The zero-order valence-electron chi connectivity index (χ0n) is 12.3. The smallest absolute Gasteiger partial charge is 0.191 e. The van der Waals surface area contributed by atoms with Gasteiger partial charge in [-0.25, -0.2) is 0 Å². The van der Waals surface area contributed by atoms with Crippen LogP contribution in [-0.2, 0) is 12.8 Å². The van der Waals surface area contributed by atoms with E-state index in [1.165, 1.54) is 11.1 Å². The zero-order chi connectivity index (χ0) is 14.8. The first-order chi connectivity index (χ1) is 10.2. The number of furan rings is 1. The lowest BCUT2D eigenvalue weighted by Gasteiger charge is -2.05. The lowest BCUT2D eigenvalue weighted by atomic mass is 10.1. The third-order valence-corrected chi connectivity index (χ3v) is 4.62. The Kier molecular flexibility index (Phi) is 3.84. The first-order valence-electron chi connectivity index (χ1n) is 6.78. The predicted molar refractivity (Wildman–Crippen MR) is 84.2 cm³/mol. The van der Waals surface area contributed by atoms with Gasteiger partial charge in [0.25, 0.3) is 0 Å². The summed E-state index contributed by atoms with van der Waals surface area (Å²) >= 11 is 1.70. The third-order valence-electron chi connectivity index (χ3n) is 3.55. The summed E-state index contributed by atoms with van der Waals surface area (Å²) in [4.78, 5) is 0. The Bertz CT molecular complexity index is 760. The fourth-order valence-electron chi connectivity index (χ4n) is 2.21. The van der Waals surface area contributed by atoms with Gasteiger partial charge < -0.3 is 8.98 Å². The van der Waals surface area contributed by atoms with E-state index in [1.807, 2.05) is 24.6 Å². The second-order valence-electron chi connectivity index (χ2n) is 4.97. The largest absolute Gasteiger partial charge is 0.469 e. The second-order valence-corrected chi connectivity index (χ2v) is 5.91. The molecule has 0 saturated carbocycles. The topological polar surface area (TPSA) is 43.9 Å². The van der Waals surface area contributed by atoms with Crippen molar-refractivity contribution in [3.05, 3.63) is 53.5 Å². The summed E-state index contributed by atoms with van der Waals surface area (Å²) < 4.78 is 7.35. The molecule has 0 N–H and O–H groups in total. The molecular weight excluding hydrogens is 282 g/mol. The van der Waals surface area contributed by atoms with Crippen molar-refractivity contribution >= 4 is 11.8 Å². The molecule has 108 valence electrons. The molecule has 2 heterocycles. The molecule has 0 unspecified atom stereocenters. The standard InChI is InChI=1S/C16H17N3OS/c1-11-6-4-5-7-13(11)10-21-16-18-17-15(19(16)3)14-8-9-20-12(14)2/h4-9H,10H2,1-3H3. The van der Waals surface area contributed by atoms with Crippen LogP contribution < -0.4 is 0 Å². The quantitative estimate of drug-likeness (QED) is 0.683. The Balaban J connectivity index is 1.80. The van der Waals surface area contributed by atoms with Gasteiger partial charge in [-0.2, -0.15) is 0 Å². The molecule has 0 spiro atoms. The van der Waals surface area contributed by atoms with Gasteiger partial charge in [-0.1, -0.05) is 36.0 Å². The van der Waals surface area contributed by atoms with E-state index in [-0.39, 0.29) is 0 Å². The number of hydrogen-bond donors (Lipinski definition) is 0. The molecule has 2 aromatic heterocycles. The van der Waals surface area contributed by atoms with Gasteiger partial charge in [0.2, 0.25) is 0 Å². The molecule has 0 aliphatic carbocycles. The fourth-order valence-corrected chi connectivity index (χ4v) is 3.19. The van der Waals surface area contributed by atoms with Crippen molar-refractivity contribution in [2.24, 2.45) is 7.05 Å². The number of rotatable bonds is 4. The Morgan fingerprint density at radius 2 is 1.95 bits per heavy atom. The molecule has 5 heteroatoms. The lowest BCUT2D eigenvalue weighted by Crippen LogP contribution is -1.95. The van der Waals surface area contributed by atoms with Gasteiger partial charge in [0, 0.05) is 12.8 Å². The number of nitrogens with zero attached hydrogens (tertiary/aromatic N) is 3. The van der Waals surface area contributed by atoms with Gasteiger partial charge in [0.1, 0.15) is 5.76 Å². The molecule has 0 radical (unpaired) electrons. The van der Waals surface area contributed by atoms with Crippen LogP contribution in [0.25, 0.3) is 11.4 Å². The molecule has 0 aliphatic heterocycles. The molecule has 0 aliphatic rings. The van der Waals surface area contributed by atoms with Crippen molar-refractivity contribution in [2.45, 2.75) is 24.8 Å². The van der Waals surface area contributed by atoms with Gasteiger partial charge in [-0.05, 0) is 31.0 Å². The van der Waals surface area contributed by atoms with Crippen LogP contribution in [0.3, 0.4) is 0 Å². The Morgan fingerprint density at radius 3 is 2.67 bits per heavy atom. The van der Waals surface area contributed by atoms with Gasteiger partial charge in [0.05, 0.1) is 11.8 Å². The molecule has 21 heavy (non-hydrogen) atoms. The van der Waals surface area contributed by atoms with Crippen LogP contribution in [0.2, 0.25) is 0 Å². The molecule has 1 aromatic carbocycles. The van der Waals surface area contributed by atoms with Gasteiger partial charge in [-0.3, -0.25) is 0 Å². The van der Waals surface area contributed by atoms with E-state index in [2.05, 4.69) is 41.4 Å². The zero-order valence-corrected chi connectivity index (χ0v) is 13.1. The van der Waals surface area contributed by atoms with E-state index in [4.69, 9.17) is 4.42 Å². The lowest BCUT2D eigenvalue weighted by molar-refractivity contribution is 0.534. The molecular formula is C16H17N3OS. The summed E-state index contributed by atoms with van der Waals surface area (Å²) in [5.41, 5.74) is 3.62. The fraction of sp³-hybridized carbons (Fsp3) is 0.250. The number of aromatic nitrogens is 3. The number of aryl methyl sites for hydroxylation is 2. The second kappa shape index (κ2) is 5.77. The molecule has 0 fully saturated rings. The highest BCUT2D eigenvalue weighted by molar-refractivity contribution is 7.98. The molecule has 0 bridgehead atoms. The Morgan fingerprint density at radius 1 is 1.14 bits per heavy atom. The minimum Gasteiger partial charge on any atom is -0.469 e. The van der Waals surface area contributed by atoms with E-state index in [1.54, 1.807) is 18.0 Å². The molecule has 0 saturated heterocycles. The summed E-state index contributed by atoms with van der Waals surface area (Å²) in [5.74, 6) is 2.60. The van der Waals surface area contributed by atoms with Crippen LogP contribution >= 0.6 is 11.8 Å². The minimum absolute atomic E-state index is 0.841. The minimum atomic E-state index is 0.841. The SMILES string of the molecule is Cc1ccccc1CSc1nnc(-c2ccoc2C)n1C. The average Bonchev–Trinajstić information content (AvgIpc) is 3.04. The first kappa shape index (κ1) is 13.9. The van der Waals surface area contributed by atoms with Crippen molar-refractivity contribution in [3.63, 3.8) is 0 Å². The molecule has 0 atom stereocenters. The molecule has 3 rings (SSSR count). The maximum absolute atomic E-state index is 5.34. The molecule has 4 nitrogen and oxygen atoms in total. The molecule has 0 amide bonds. The highest BCUT2D eigenvalue weighted by Crippen LogP contribution is 2.27. The number of thioether (sulfide) groups is 1. The highest BCUT2D eigenvalue weighted by Gasteiger charge is 2.14. The van der Waals surface area contributed by atoms with E-state index in [9.17, 15) is 0 Å². The van der Waals surface area contributed by atoms with E-state index in [0.29, 0.717) is 0 Å². The van der Waals surface area contributed by atoms with Crippen molar-refractivity contribution in [1.29, 1.82) is 0 Å². The van der Waals surface area contributed by atoms with E-state index in [0.717, 1.165) is 28.1 Å². The summed E-state index contributed by atoms with van der Waals surface area (Å²) in [6.07, 6.45) is 1.68. The predicted octanol–water partition coefficient (Wildman–Crippen LogP) is 3.98. The maximum atomic E-state index is 5.34.